The minimum atomic E-state index is -0.663. The van der Waals surface area contributed by atoms with Gasteiger partial charge in [0.05, 0.1) is 31.5 Å². The number of benzene rings is 2. The van der Waals surface area contributed by atoms with Crippen LogP contribution in [0.5, 0.6) is 0 Å². The molecule has 0 bridgehead atoms. The van der Waals surface area contributed by atoms with Crippen LogP contribution in [0.15, 0.2) is 47.5 Å². The van der Waals surface area contributed by atoms with E-state index in [1.807, 2.05) is 42.7 Å². The van der Waals surface area contributed by atoms with E-state index < -0.39 is 23.6 Å². The number of esters is 1. The van der Waals surface area contributed by atoms with Gasteiger partial charge in [0.2, 0.25) is 0 Å². The van der Waals surface area contributed by atoms with E-state index in [-0.39, 0.29) is 18.7 Å². The third-order valence-electron chi connectivity index (χ3n) is 6.63. The Kier molecular flexibility index (Phi) is 6.80. The van der Waals surface area contributed by atoms with Crippen molar-refractivity contribution >= 4 is 34.4 Å². The van der Waals surface area contributed by atoms with E-state index in [1.54, 1.807) is 11.9 Å². The number of nitrogens with zero attached hydrogens (tertiary/aromatic N) is 5. The molecule has 38 heavy (non-hydrogen) atoms. The maximum atomic E-state index is 14.4. The molecule has 2 aromatic carbocycles. The lowest BCUT2D eigenvalue weighted by Crippen LogP contribution is -2.13. The molecule has 0 unspecified atom stereocenters. The molecule has 8 nitrogen and oxygen atoms in total. The Morgan fingerprint density at radius 3 is 2.55 bits per heavy atom. The highest BCUT2D eigenvalue weighted by atomic mass is 32.1. The summed E-state index contributed by atoms with van der Waals surface area (Å²) < 4.78 is 34.6. The van der Waals surface area contributed by atoms with Gasteiger partial charge in [0.25, 0.3) is 0 Å². The number of carbonyl (C=O) groups is 1. The molecule has 1 N–H and O–H groups in total. The third-order valence-corrected chi connectivity index (χ3v) is 7.89. The molecule has 3 heterocycles. The molecule has 0 saturated carbocycles. The molecule has 196 valence electrons. The van der Waals surface area contributed by atoms with Crippen LogP contribution in [0.3, 0.4) is 0 Å². The van der Waals surface area contributed by atoms with E-state index in [9.17, 15) is 18.7 Å². The van der Waals surface area contributed by atoms with Crippen molar-refractivity contribution in [1.29, 1.82) is 0 Å². The van der Waals surface area contributed by atoms with Crippen molar-refractivity contribution in [3.8, 4) is 5.00 Å². The van der Waals surface area contributed by atoms with Crippen LogP contribution in [-0.4, -0.2) is 45.7 Å². The van der Waals surface area contributed by atoms with E-state index in [2.05, 4.69) is 10.2 Å². The van der Waals surface area contributed by atoms with Gasteiger partial charge in [0.15, 0.2) is 5.82 Å². The molecule has 1 atom stereocenters. The van der Waals surface area contributed by atoms with E-state index in [4.69, 9.17) is 9.73 Å². The fourth-order valence-electron chi connectivity index (χ4n) is 4.59. The highest BCUT2D eigenvalue weighted by Gasteiger charge is 2.33. The van der Waals surface area contributed by atoms with Crippen LogP contribution in [0.1, 0.15) is 45.7 Å². The molecule has 1 aliphatic rings. The first-order chi connectivity index (χ1) is 18.2. The second-order valence-electron chi connectivity index (χ2n) is 8.90. The van der Waals surface area contributed by atoms with Gasteiger partial charge < -0.3 is 14.7 Å². The summed E-state index contributed by atoms with van der Waals surface area (Å²) in [5, 5.41) is 19.4. The van der Waals surface area contributed by atoms with Gasteiger partial charge in [-0.05, 0) is 43.7 Å². The molecule has 1 aliphatic heterocycles. The van der Waals surface area contributed by atoms with Crippen LogP contribution in [-0.2, 0) is 16.1 Å². The summed E-state index contributed by atoms with van der Waals surface area (Å²) in [6.45, 7) is 3.62. The lowest BCUT2D eigenvalue weighted by atomic mass is 9.99. The molecule has 0 fully saturated rings. The Balaban J connectivity index is 1.63. The third kappa shape index (κ3) is 4.37. The summed E-state index contributed by atoms with van der Waals surface area (Å²) in [7, 11) is 3.03. The minimum Gasteiger partial charge on any atom is -0.469 e. The predicted octanol–water partition coefficient (Wildman–Crippen LogP) is 4.94. The number of aryl methyl sites for hydroxylation is 1. The number of halogens is 2. The van der Waals surface area contributed by atoms with E-state index in [0.29, 0.717) is 23.0 Å². The number of rotatable bonds is 6. The zero-order chi connectivity index (χ0) is 27.1. The average molecular weight is 538 g/mol. The quantitative estimate of drug-likeness (QED) is 0.351. The largest absolute Gasteiger partial charge is 0.469 e. The first-order valence-electron chi connectivity index (χ1n) is 11.8. The number of carbonyl (C=O) groups excluding carboxylic acids is 1. The number of ether oxygens (including phenoxy) is 1. The van der Waals surface area contributed by atoms with Crippen molar-refractivity contribution in [2.75, 3.05) is 19.1 Å². The first kappa shape index (κ1) is 25.7. The smallest absolute Gasteiger partial charge is 0.308 e. The van der Waals surface area contributed by atoms with Gasteiger partial charge in [-0.1, -0.05) is 12.1 Å². The molecule has 0 spiro atoms. The van der Waals surface area contributed by atoms with Crippen molar-refractivity contribution in [1.82, 2.24) is 14.8 Å². The Bertz CT molecular complexity index is 1560. The molecule has 2 aromatic heterocycles. The summed E-state index contributed by atoms with van der Waals surface area (Å²) in [6.07, 6.45) is -0.0242. The van der Waals surface area contributed by atoms with Gasteiger partial charge in [0, 0.05) is 34.8 Å². The van der Waals surface area contributed by atoms with Gasteiger partial charge in [-0.15, -0.1) is 21.5 Å². The number of hydrogen-bond donors (Lipinski definition) is 1. The zero-order valence-corrected chi connectivity index (χ0v) is 22.0. The number of anilines is 2. The normalized spacial score (nSPS) is 14.4. The summed E-state index contributed by atoms with van der Waals surface area (Å²) in [5.41, 5.74) is 4.01. The molecule has 0 amide bonds. The Labute approximate surface area is 221 Å². The number of thiophene rings is 1. The van der Waals surface area contributed by atoms with Crippen LogP contribution < -0.4 is 4.90 Å². The molecular weight excluding hydrogens is 512 g/mol. The lowest BCUT2D eigenvalue weighted by molar-refractivity contribution is -0.141. The molecule has 4 aromatic rings. The molecule has 5 rings (SSSR count). The van der Waals surface area contributed by atoms with Gasteiger partial charge in [-0.25, -0.2) is 8.78 Å². The van der Waals surface area contributed by atoms with Gasteiger partial charge in [-0.3, -0.25) is 14.4 Å². The van der Waals surface area contributed by atoms with Crippen LogP contribution in [0.2, 0.25) is 0 Å². The molecule has 0 aliphatic carbocycles. The number of hydrogen-bond acceptors (Lipinski definition) is 8. The minimum absolute atomic E-state index is 0.0242. The van der Waals surface area contributed by atoms with Crippen molar-refractivity contribution in [3.05, 3.63) is 87.3 Å². The fourth-order valence-corrected chi connectivity index (χ4v) is 5.81. The van der Waals surface area contributed by atoms with Crippen LogP contribution >= 0.6 is 11.3 Å². The Morgan fingerprint density at radius 1 is 1.16 bits per heavy atom. The van der Waals surface area contributed by atoms with Crippen molar-refractivity contribution in [3.63, 3.8) is 0 Å². The highest BCUT2D eigenvalue weighted by Crippen LogP contribution is 2.40. The number of fused-ring (bicyclic) bond motifs is 3. The van der Waals surface area contributed by atoms with E-state index in [0.717, 1.165) is 32.6 Å². The van der Waals surface area contributed by atoms with E-state index >= 15 is 0 Å². The summed E-state index contributed by atoms with van der Waals surface area (Å²) in [5.74, 6) is -0.586. The van der Waals surface area contributed by atoms with Crippen molar-refractivity contribution < 1.29 is 23.4 Å². The van der Waals surface area contributed by atoms with E-state index in [1.165, 1.54) is 30.6 Å². The van der Waals surface area contributed by atoms with Crippen LogP contribution in [0, 0.1) is 25.5 Å². The average Bonchev–Trinajstić information content (AvgIpc) is 3.40. The summed E-state index contributed by atoms with van der Waals surface area (Å²) in [4.78, 5) is 19.7. The summed E-state index contributed by atoms with van der Waals surface area (Å²) >= 11 is 1.43. The SMILES string of the molecule is COC(=O)C[C@@H]1N=C(c2ccc(N(C)c3ccc(F)cc3F)cc2)c2c(sc(CO)c2C)-n2c(C)nnc21. The number of aliphatic hydroxyl groups is 1. The van der Waals surface area contributed by atoms with Crippen molar-refractivity contribution in [2.45, 2.75) is 32.9 Å². The fraction of sp³-hybridized carbons (Fsp3) is 0.259. The second-order valence-corrected chi connectivity index (χ2v) is 9.99. The highest BCUT2D eigenvalue weighted by molar-refractivity contribution is 7.15. The second kappa shape index (κ2) is 10.1. The van der Waals surface area contributed by atoms with Crippen molar-refractivity contribution in [2.24, 2.45) is 4.99 Å². The number of aliphatic hydroxyl groups excluding tert-OH is 1. The number of methoxy groups -OCH3 is 1. The maximum Gasteiger partial charge on any atom is 0.308 e. The zero-order valence-electron chi connectivity index (χ0n) is 21.2. The lowest BCUT2D eigenvalue weighted by Gasteiger charge is -2.21. The number of aromatic nitrogens is 3. The molecular formula is C27H25F2N5O3S. The van der Waals surface area contributed by atoms with Gasteiger partial charge in [-0.2, -0.15) is 0 Å². The molecule has 0 radical (unpaired) electrons. The topological polar surface area (TPSA) is 92.8 Å². The van der Waals surface area contributed by atoms with Crippen LogP contribution in [0.4, 0.5) is 20.2 Å². The Morgan fingerprint density at radius 2 is 1.89 bits per heavy atom. The molecule has 0 saturated heterocycles. The van der Waals surface area contributed by atoms with Gasteiger partial charge >= 0.3 is 5.97 Å². The maximum absolute atomic E-state index is 14.4. The Hall–Kier alpha value is -3.96. The summed E-state index contributed by atoms with van der Waals surface area (Å²) in [6, 6.07) is 10.2. The van der Waals surface area contributed by atoms with Gasteiger partial charge in [0.1, 0.15) is 28.5 Å². The predicted molar refractivity (Wildman–Crippen MR) is 141 cm³/mol. The number of aliphatic imine (C=N–C) groups is 1. The monoisotopic (exact) mass is 537 g/mol. The standard InChI is InChI=1S/C27H25F2N5O3S/c1-14-22(13-35)38-27-24(14)25(30-20(12-23(36)37-4)26-32-31-15(2)34(26)27)16-5-8-18(9-6-16)33(3)21-10-7-17(28)11-19(21)29/h5-11,20,35H,12-13H2,1-4H3/t20-/m0/s1. The van der Waals surface area contributed by atoms with Crippen LogP contribution in [0.25, 0.3) is 5.00 Å². The molecule has 11 heteroatoms. The first-order valence-corrected chi connectivity index (χ1v) is 12.6.